The van der Waals surface area contributed by atoms with E-state index in [1.165, 1.54) is 12.2 Å². The van der Waals surface area contributed by atoms with Crippen molar-refractivity contribution in [2.45, 2.75) is 45.2 Å². The molecule has 0 amide bonds. The van der Waals surface area contributed by atoms with E-state index >= 15 is 0 Å². The van der Waals surface area contributed by atoms with Gasteiger partial charge in [0.15, 0.2) is 11.6 Å². The molecule has 8 nitrogen and oxygen atoms in total. The molecule has 0 radical (unpaired) electrons. The van der Waals surface area contributed by atoms with Gasteiger partial charge in [0.25, 0.3) is 0 Å². The zero-order chi connectivity index (χ0) is 27.5. The van der Waals surface area contributed by atoms with E-state index in [2.05, 4.69) is 0 Å². The van der Waals surface area contributed by atoms with Crippen molar-refractivity contribution in [3.05, 3.63) is 82.9 Å². The summed E-state index contributed by atoms with van der Waals surface area (Å²) < 4.78 is 0. The highest BCUT2D eigenvalue weighted by Gasteiger charge is 2.20. The molecule has 0 aromatic heterocycles. The molecule has 0 saturated heterocycles. The molecule has 0 saturated carbocycles. The van der Waals surface area contributed by atoms with Gasteiger partial charge in [-0.3, -0.25) is 19.2 Å². The van der Waals surface area contributed by atoms with Crippen molar-refractivity contribution in [1.82, 2.24) is 0 Å². The van der Waals surface area contributed by atoms with Crippen LogP contribution in [0.5, 0.6) is 0 Å². The molecule has 2 aromatic rings. The molecule has 39 heavy (non-hydrogen) atoms. The van der Waals surface area contributed by atoms with Crippen molar-refractivity contribution in [1.29, 1.82) is 0 Å². The number of nitrogens with two attached hydrogens (primary N) is 2. The molecule has 0 aliphatic heterocycles. The lowest BCUT2D eigenvalue weighted by Crippen LogP contribution is -2.37. The predicted octanol–water partition coefficient (Wildman–Crippen LogP) is 3.97. The number of carbonyl (C=O) groups is 4. The molecule has 4 atom stereocenters. The van der Waals surface area contributed by atoms with Crippen LogP contribution in [-0.2, 0) is 32.0 Å². The van der Waals surface area contributed by atoms with Crippen LogP contribution in [0.3, 0.4) is 0 Å². The normalized spacial score (nSPS) is 14.1. The molecule has 0 spiro atoms. The second-order valence-corrected chi connectivity index (χ2v) is 9.35. The van der Waals surface area contributed by atoms with Crippen LogP contribution in [0, 0.1) is 11.8 Å². The first-order chi connectivity index (χ1) is 17.5. The second kappa shape index (κ2) is 17.3. The van der Waals surface area contributed by atoms with Gasteiger partial charge in [-0.25, -0.2) is 0 Å². The minimum Gasteiger partial charge on any atom is -0.480 e. The first-order valence-electron chi connectivity index (χ1n) is 12.0. The fourth-order valence-electron chi connectivity index (χ4n) is 3.68. The number of rotatable bonds is 14. The third kappa shape index (κ3) is 12.4. The zero-order valence-corrected chi connectivity index (χ0v) is 23.5. The summed E-state index contributed by atoms with van der Waals surface area (Å²) in [5.41, 5.74) is 14.8. The first kappa shape index (κ1) is 35.7. The van der Waals surface area contributed by atoms with Gasteiger partial charge in [0, 0.05) is 0 Å². The fraction of sp³-hybridized carbons (Fsp3) is 0.310. The highest BCUT2D eigenvalue weighted by atomic mass is 35.5. The average Bonchev–Trinajstić information content (AvgIpc) is 2.86. The largest absolute Gasteiger partial charge is 0.480 e. The molecule has 6 N–H and O–H groups in total. The number of allylic oxidation sites excluding steroid dienone is 2. The van der Waals surface area contributed by atoms with Gasteiger partial charge in [-0.2, -0.15) is 0 Å². The Kier molecular flexibility index (Phi) is 15.9. The molecule has 2 rings (SSSR count). The maximum absolute atomic E-state index is 12.2. The number of hydrogen-bond donors (Lipinski definition) is 4. The van der Waals surface area contributed by atoms with Gasteiger partial charge in [0.1, 0.15) is 12.1 Å². The molecular weight excluding hydrogens is 543 g/mol. The van der Waals surface area contributed by atoms with E-state index in [9.17, 15) is 19.2 Å². The van der Waals surface area contributed by atoms with Gasteiger partial charge in [0.05, 0.1) is 6.42 Å². The van der Waals surface area contributed by atoms with E-state index < -0.39 is 24.0 Å². The van der Waals surface area contributed by atoms with Gasteiger partial charge in [-0.05, 0) is 59.1 Å². The number of carboxylic acids is 2. The number of ketones is 2. The number of halogens is 2. The Morgan fingerprint density at radius 1 is 0.667 bits per heavy atom. The fourth-order valence-corrected chi connectivity index (χ4v) is 3.68. The summed E-state index contributed by atoms with van der Waals surface area (Å²) in [6, 6.07) is 12.8. The van der Waals surface area contributed by atoms with Gasteiger partial charge >= 0.3 is 11.9 Å². The summed E-state index contributed by atoms with van der Waals surface area (Å²) in [5.74, 6) is -3.14. The summed E-state index contributed by atoms with van der Waals surface area (Å²) in [7, 11) is 0. The molecule has 0 fully saturated rings. The Hall–Kier alpha value is -3.30. The quantitative estimate of drug-likeness (QED) is 0.193. The zero-order valence-electron chi connectivity index (χ0n) is 21.9. The number of aliphatic carboxylic acids is 2. The Labute approximate surface area is 241 Å². The topological polar surface area (TPSA) is 161 Å². The Morgan fingerprint density at radius 3 is 1.26 bits per heavy atom. The lowest BCUT2D eigenvalue weighted by Gasteiger charge is -2.15. The van der Waals surface area contributed by atoms with Crippen molar-refractivity contribution < 1.29 is 29.4 Å². The minimum absolute atomic E-state index is 0. The van der Waals surface area contributed by atoms with Crippen LogP contribution in [-0.4, -0.2) is 45.8 Å². The molecule has 212 valence electrons. The van der Waals surface area contributed by atoms with Crippen LogP contribution in [0.2, 0.25) is 0 Å². The number of carboxylic acid groups (broad SMARTS) is 2. The molecule has 0 aliphatic rings. The summed E-state index contributed by atoms with van der Waals surface area (Å²) in [5, 5.41) is 18.0. The second-order valence-electron chi connectivity index (χ2n) is 9.35. The summed E-state index contributed by atoms with van der Waals surface area (Å²) in [4.78, 5) is 46.3. The average molecular weight is 580 g/mol. The third-order valence-electron chi connectivity index (χ3n) is 6.14. The monoisotopic (exact) mass is 578 g/mol. The highest BCUT2D eigenvalue weighted by Crippen LogP contribution is 2.15. The van der Waals surface area contributed by atoms with Gasteiger partial charge in [-0.15, -0.1) is 24.8 Å². The summed E-state index contributed by atoms with van der Waals surface area (Å²) in [6.45, 7) is 3.57. The minimum atomic E-state index is -1.03. The van der Waals surface area contributed by atoms with Crippen molar-refractivity contribution in [2.75, 3.05) is 0 Å². The van der Waals surface area contributed by atoms with Crippen LogP contribution in [0.15, 0.2) is 60.7 Å². The van der Waals surface area contributed by atoms with Crippen molar-refractivity contribution in [3.8, 4) is 0 Å². The molecular formula is C29H36Cl2N2O6. The van der Waals surface area contributed by atoms with E-state index in [0.717, 1.165) is 22.3 Å². The Bertz CT molecular complexity index is 1070. The van der Waals surface area contributed by atoms with Crippen LogP contribution < -0.4 is 11.5 Å². The van der Waals surface area contributed by atoms with Crippen LogP contribution >= 0.6 is 24.8 Å². The Balaban J connectivity index is 0.00000722. The van der Waals surface area contributed by atoms with E-state index in [4.69, 9.17) is 21.7 Å². The first-order valence-corrected chi connectivity index (χ1v) is 12.0. The third-order valence-corrected chi connectivity index (χ3v) is 6.14. The molecule has 10 heteroatoms. The summed E-state index contributed by atoms with van der Waals surface area (Å²) >= 11 is 0. The van der Waals surface area contributed by atoms with E-state index in [-0.39, 0.29) is 54.6 Å². The van der Waals surface area contributed by atoms with Crippen LogP contribution in [0.4, 0.5) is 0 Å². The molecule has 0 aliphatic carbocycles. The van der Waals surface area contributed by atoms with E-state index in [1.54, 1.807) is 26.0 Å². The van der Waals surface area contributed by atoms with Gasteiger partial charge < -0.3 is 21.7 Å². The SMILES string of the molecule is CC(Cc1ccc(C=CC(=O)CC(=O)C=Cc2ccc(CC(C)C(N)C(=O)O)cc2)cc1)C(N)C(=O)O.Cl.Cl. The standard InChI is InChI=1S/C29H34N2O6.2ClH/c1-18(26(30)28(34)35)15-22-7-3-20(4-8-22)11-13-24(32)17-25(33)14-12-21-5-9-23(10-6-21)16-19(2)27(31)29(36)37;;/h3-14,18-19,26-27H,15-17,30-31H2,1-2H3,(H,34,35)(H,36,37);2*1H. The maximum Gasteiger partial charge on any atom is 0.320 e. The molecule has 4 unspecified atom stereocenters. The molecule has 0 heterocycles. The lowest BCUT2D eigenvalue weighted by molar-refractivity contribution is -0.140. The number of carbonyl (C=O) groups excluding carboxylic acids is 2. The highest BCUT2D eigenvalue weighted by molar-refractivity contribution is 6.10. The number of hydrogen-bond acceptors (Lipinski definition) is 6. The van der Waals surface area contributed by atoms with Crippen LogP contribution in [0.25, 0.3) is 12.2 Å². The van der Waals surface area contributed by atoms with E-state index in [0.29, 0.717) is 12.8 Å². The van der Waals surface area contributed by atoms with Gasteiger partial charge in [-0.1, -0.05) is 74.5 Å². The molecule has 0 bridgehead atoms. The van der Waals surface area contributed by atoms with Crippen molar-refractivity contribution in [3.63, 3.8) is 0 Å². The maximum atomic E-state index is 12.2. The molecule has 2 aromatic carbocycles. The Morgan fingerprint density at radius 2 is 0.974 bits per heavy atom. The van der Waals surface area contributed by atoms with Gasteiger partial charge in [0.2, 0.25) is 0 Å². The smallest absolute Gasteiger partial charge is 0.320 e. The van der Waals surface area contributed by atoms with Crippen molar-refractivity contribution >= 4 is 60.5 Å². The van der Waals surface area contributed by atoms with Crippen LogP contribution in [0.1, 0.15) is 42.5 Å². The van der Waals surface area contributed by atoms with E-state index in [1.807, 2.05) is 48.5 Å². The summed E-state index contributed by atoms with van der Waals surface area (Å²) in [6.07, 6.45) is 6.79. The predicted molar refractivity (Wildman–Crippen MR) is 157 cm³/mol. The lowest BCUT2D eigenvalue weighted by atomic mass is 9.94. The number of benzene rings is 2. The van der Waals surface area contributed by atoms with Crippen molar-refractivity contribution in [2.24, 2.45) is 23.3 Å².